The van der Waals surface area contributed by atoms with Gasteiger partial charge in [-0.05, 0) is 36.8 Å². The van der Waals surface area contributed by atoms with Gasteiger partial charge < -0.3 is 0 Å². The Balaban J connectivity index is 2.43. The van der Waals surface area contributed by atoms with Crippen LogP contribution in [0.15, 0.2) is 30.5 Å². The first-order valence-corrected chi connectivity index (χ1v) is 5.09. The second-order valence-electron chi connectivity index (χ2n) is 3.01. The lowest BCUT2D eigenvalue weighted by atomic mass is 10.2. The summed E-state index contributed by atoms with van der Waals surface area (Å²) in [5.74, 6) is 0. The lowest BCUT2D eigenvalue weighted by Crippen LogP contribution is -1.79. The highest BCUT2D eigenvalue weighted by Crippen LogP contribution is 2.27. The molecule has 70 valence electrons. The quantitative estimate of drug-likeness (QED) is 0.702. The molecule has 0 aliphatic heterocycles. The normalized spacial score (nSPS) is 10.1. The smallest absolute Gasteiger partial charge is 0.160 e. The van der Waals surface area contributed by atoms with Crippen molar-refractivity contribution in [2.24, 2.45) is 0 Å². The molecule has 2 aromatic heterocycles. The van der Waals surface area contributed by atoms with Crippen molar-refractivity contribution in [2.45, 2.75) is 6.92 Å². The third kappa shape index (κ3) is 1.72. The number of hydrogen-bond acceptors (Lipinski definition) is 3. The molecule has 0 amide bonds. The summed E-state index contributed by atoms with van der Waals surface area (Å²) < 4.78 is 0. The van der Waals surface area contributed by atoms with E-state index < -0.39 is 0 Å². The molecule has 2 aromatic rings. The number of carbonyl (C=O) groups is 1. The molecule has 0 saturated heterocycles. The fourth-order valence-corrected chi connectivity index (χ4v) is 2.09. The van der Waals surface area contributed by atoms with Gasteiger partial charge in [-0.3, -0.25) is 9.78 Å². The molecular weight excluding hydrogens is 194 g/mol. The van der Waals surface area contributed by atoms with Crippen LogP contribution in [-0.4, -0.2) is 11.3 Å². The van der Waals surface area contributed by atoms with Gasteiger partial charge in [0.05, 0.1) is 4.88 Å². The molecular formula is C11H9NOS. The standard InChI is InChI=1S/C11H9NOS/c1-8-6-9(4-5-12-8)11-3-2-10(7-13)14-11/h2-7H,1H3. The second kappa shape index (κ2) is 3.72. The maximum atomic E-state index is 10.5. The Morgan fingerprint density at radius 1 is 1.36 bits per heavy atom. The molecule has 0 aromatic carbocycles. The molecule has 2 nitrogen and oxygen atoms in total. The van der Waals surface area contributed by atoms with E-state index in [0.717, 1.165) is 27.3 Å². The Morgan fingerprint density at radius 2 is 2.21 bits per heavy atom. The Bertz CT molecular complexity index is 462. The average molecular weight is 203 g/mol. The van der Waals surface area contributed by atoms with Crippen LogP contribution in [0.1, 0.15) is 15.4 Å². The van der Waals surface area contributed by atoms with Crippen molar-refractivity contribution in [1.29, 1.82) is 0 Å². The van der Waals surface area contributed by atoms with Gasteiger partial charge in [0.25, 0.3) is 0 Å². The Morgan fingerprint density at radius 3 is 2.86 bits per heavy atom. The van der Waals surface area contributed by atoms with Crippen LogP contribution in [0.4, 0.5) is 0 Å². The number of aryl methyl sites for hydroxylation is 1. The first-order chi connectivity index (χ1) is 6.79. The summed E-state index contributed by atoms with van der Waals surface area (Å²) in [6, 6.07) is 7.76. The third-order valence-electron chi connectivity index (χ3n) is 1.92. The predicted molar refractivity (Wildman–Crippen MR) is 57.7 cm³/mol. The molecule has 0 radical (unpaired) electrons. The monoisotopic (exact) mass is 203 g/mol. The zero-order valence-corrected chi connectivity index (χ0v) is 8.54. The number of pyridine rings is 1. The van der Waals surface area contributed by atoms with Gasteiger partial charge in [-0.15, -0.1) is 11.3 Å². The zero-order chi connectivity index (χ0) is 9.97. The van der Waals surface area contributed by atoms with E-state index in [1.165, 1.54) is 11.3 Å². The minimum absolute atomic E-state index is 0.759. The SMILES string of the molecule is Cc1cc(-c2ccc(C=O)s2)ccn1. The van der Waals surface area contributed by atoms with Crippen LogP contribution in [-0.2, 0) is 0 Å². The number of nitrogens with zero attached hydrogens (tertiary/aromatic N) is 1. The second-order valence-corrected chi connectivity index (χ2v) is 4.12. The van der Waals surface area contributed by atoms with Crippen LogP contribution in [0, 0.1) is 6.92 Å². The van der Waals surface area contributed by atoms with Crippen LogP contribution in [0.2, 0.25) is 0 Å². The number of rotatable bonds is 2. The van der Waals surface area contributed by atoms with E-state index in [4.69, 9.17) is 0 Å². The van der Waals surface area contributed by atoms with Gasteiger partial charge in [0.15, 0.2) is 6.29 Å². The molecule has 2 heterocycles. The van der Waals surface area contributed by atoms with E-state index >= 15 is 0 Å². The largest absolute Gasteiger partial charge is 0.297 e. The van der Waals surface area contributed by atoms with Gasteiger partial charge in [-0.2, -0.15) is 0 Å². The van der Waals surface area contributed by atoms with Crippen molar-refractivity contribution in [3.05, 3.63) is 41.0 Å². The van der Waals surface area contributed by atoms with Gasteiger partial charge >= 0.3 is 0 Å². The lowest BCUT2D eigenvalue weighted by molar-refractivity contribution is 0.112. The summed E-state index contributed by atoms with van der Waals surface area (Å²) in [4.78, 5) is 16.5. The van der Waals surface area contributed by atoms with Gasteiger partial charge in [0.1, 0.15) is 0 Å². The van der Waals surface area contributed by atoms with E-state index in [0.29, 0.717) is 0 Å². The third-order valence-corrected chi connectivity index (χ3v) is 2.98. The fourth-order valence-electron chi connectivity index (χ4n) is 1.27. The van der Waals surface area contributed by atoms with E-state index in [1.54, 1.807) is 6.20 Å². The molecule has 0 N–H and O–H groups in total. The summed E-state index contributed by atoms with van der Waals surface area (Å²) in [5, 5.41) is 0. The van der Waals surface area contributed by atoms with Crippen LogP contribution in [0.5, 0.6) is 0 Å². The Labute approximate surface area is 86.2 Å². The first-order valence-electron chi connectivity index (χ1n) is 4.27. The minimum atomic E-state index is 0.759. The highest BCUT2D eigenvalue weighted by atomic mass is 32.1. The molecule has 0 fully saturated rings. The summed E-state index contributed by atoms with van der Waals surface area (Å²) in [5.41, 5.74) is 2.11. The van der Waals surface area contributed by atoms with E-state index in [2.05, 4.69) is 4.98 Å². The maximum absolute atomic E-state index is 10.5. The Hall–Kier alpha value is -1.48. The van der Waals surface area contributed by atoms with Crippen molar-refractivity contribution in [3.63, 3.8) is 0 Å². The summed E-state index contributed by atoms with van der Waals surface area (Å²) >= 11 is 1.50. The molecule has 0 aliphatic rings. The minimum Gasteiger partial charge on any atom is -0.297 e. The maximum Gasteiger partial charge on any atom is 0.160 e. The van der Waals surface area contributed by atoms with E-state index in [1.807, 2.05) is 31.2 Å². The van der Waals surface area contributed by atoms with Crippen LogP contribution in [0.25, 0.3) is 10.4 Å². The first kappa shape index (κ1) is 9.09. The fraction of sp³-hybridized carbons (Fsp3) is 0.0909. The molecule has 0 spiro atoms. The van der Waals surface area contributed by atoms with Gasteiger partial charge in [0.2, 0.25) is 0 Å². The van der Waals surface area contributed by atoms with Crippen molar-refractivity contribution in [3.8, 4) is 10.4 Å². The topological polar surface area (TPSA) is 30.0 Å². The van der Waals surface area contributed by atoms with Crippen LogP contribution >= 0.6 is 11.3 Å². The van der Waals surface area contributed by atoms with Gasteiger partial charge in [-0.1, -0.05) is 0 Å². The number of aldehydes is 1. The highest BCUT2D eigenvalue weighted by molar-refractivity contribution is 7.17. The molecule has 3 heteroatoms. The van der Waals surface area contributed by atoms with Crippen molar-refractivity contribution in [2.75, 3.05) is 0 Å². The zero-order valence-electron chi connectivity index (χ0n) is 7.73. The molecule has 0 bridgehead atoms. The van der Waals surface area contributed by atoms with E-state index in [9.17, 15) is 4.79 Å². The molecule has 14 heavy (non-hydrogen) atoms. The van der Waals surface area contributed by atoms with E-state index in [-0.39, 0.29) is 0 Å². The number of hydrogen-bond donors (Lipinski definition) is 0. The summed E-state index contributed by atoms with van der Waals surface area (Å²) in [6.45, 7) is 1.96. The highest BCUT2D eigenvalue weighted by Gasteiger charge is 2.01. The van der Waals surface area contributed by atoms with Crippen LogP contribution in [0.3, 0.4) is 0 Å². The van der Waals surface area contributed by atoms with Crippen molar-refractivity contribution in [1.82, 2.24) is 4.98 Å². The predicted octanol–water partition coefficient (Wildman–Crippen LogP) is 2.93. The summed E-state index contributed by atoms with van der Waals surface area (Å²) in [6.07, 6.45) is 2.66. The van der Waals surface area contributed by atoms with Crippen molar-refractivity contribution >= 4 is 17.6 Å². The molecule has 0 atom stereocenters. The number of aromatic nitrogens is 1. The molecule has 0 unspecified atom stereocenters. The molecule has 2 rings (SSSR count). The number of carbonyl (C=O) groups excluding carboxylic acids is 1. The number of thiophene rings is 1. The summed E-state index contributed by atoms with van der Waals surface area (Å²) in [7, 11) is 0. The molecule has 0 aliphatic carbocycles. The van der Waals surface area contributed by atoms with Crippen LogP contribution < -0.4 is 0 Å². The van der Waals surface area contributed by atoms with Crippen molar-refractivity contribution < 1.29 is 4.79 Å². The average Bonchev–Trinajstić information content (AvgIpc) is 2.66. The van der Waals surface area contributed by atoms with Gasteiger partial charge in [0, 0.05) is 16.8 Å². The molecule has 0 saturated carbocycles. The lowest BCUT2D eigenvalue weighted by Gasteiger charge is -1.97. The Kier molecular flexibility index (Phi) is 2.41. The van der Waals surface area contributed by atoms with Gasteiger partial charge in [-0.25, -0.2) is 0 Å².